The van der Waals surface area contributed by atoms with E-state index in [0.29, 0.717) is 25.7 Å². The zero-order valence-corrected chi connectivity index (χ0v) is 10.6. The second-order valence-electron chi connectivity index (χ2n) is 5.03. The summed E-state index contributed by atoms with van der Waals surface area (Å²) in [5, 5.41) is 2.99. The van der Waals surface area contributed by atoms with E-state index in [0.717, 1.165) is 12.8 Å². The first-order chi connectivity index (χ1) is 7.54. The summed E-state index contributed by atoms with van der Waals surface area (Å²) in [5.74, 6) is 0.719. The molecule has 1 rings (SSSR count). The summed E-state index contributed by atoms with van der Waals surface area (Å²) in [6.07, 6.45) is 1.83. The zero-order chi connectivity index (χ0) is 12.2. The van der Waals surface area contributed by atoms with Crippen molar-refractivity contribution in [3.63, 3.8) is 0 Å². The van der Waals surface area contributed by atoms with Crippen molar-refractivity contribution >= 4 is 5.91 Å². The molecule has 1 aliphatic rings. The van der Waals surface area contributed by atoms with Gasteiger partial charge in [-0.3, -0.25) is 4.79 Å². The number of carbonyl (C=O) groups excluding carboxylic acids is 1. The third-order valence-corrected chi connectivity index (χ3v) is 3.30. The van der Waals surface area contributed by atoms with Crippen LogP contribution in [0.25, 0.3) is 0 Å². The third-order valence-electron chi connectivity index (χ3n) is 3.30. The molecule has 3 N–H and O–H groups in total. The summed E-state index contributed by atoms with van der Waals surface area (Å²) in [6.45, 7) is 7.76. The number of carbonyl (C=O) groups is 1. The van der Waals surface area contributed by atoms with E-state index < -0.39 is 0 Å². The summed E-state index contributed by atoms with van der Waals surface area (Å²) in [6, 6.07) is 0.0618. The number of hydrogen-bond donors (Lipinski definition) is 2. The number of nitrogens with one attached hydrogen (secondary N) is 1. The minimum atomic E-state index is -0.306. The van der Waals surface area contributed by atoms with Crippen LogP contribution in [0.15, 0.2) is 0 Å². The van der Waals surface area contributed by atoms with Gasteiger partial charge in [0.1, 0.15) is 0 Å². The van der Waals surface area contributed by atoms with Crippen LogP contribution in [0.3, 0.4) is 0 Å². The van der Waals surface area contributed by atoms with Gasteiger partial charge in [-0.15, -0.1) is 0 Å². The molecule has 1 fully saturated rings. The summed E-state index contributed by atoms with van der Waals surface area (Å²) in [4.78, 5) is 12.1. The molecule has 0 saturated heterocycles. The molecule has 16 heavy (non-hydrogen) atoms. The standard InChI is InChI=1S/C12H24N2O2/c1-4-16-7-10(3)14-11(15)12(8-13)5-9(2)6-12/h9-10H,4-8,13H2,1-3H3,(H,14,15). The van der Waals surface area contributed by atoms with Crippen molar-refractivity contribution in [2.45, 2.75) is 39.7 Å². The van der Waals surface area contributed by atoms with Crippen molar-refractivity contribution in [1.29, 1.82) is 0 Å². The Morgan fingerprint density at radius 3 is 2.69 bits per heavy atom. The fraction of sp³-hybridized carbons (Fsp3) is 0.917. The maximum absolute atomic E-state index is 12.1. The van der Waals surface area contributed by atoms with Gasteiger partial charge in [0.15, 0.2) is 0 Å². The number of rotatable bonds is 6. The Morgan fingerprint density at radius 1 is 1.62 bits per heavy atom. The van der Waals surface area contributed by atoms with Crippen molar-refractivity contribution in [2.75, 3.05) is 19.8 Å². The zero-order valence-electron chi connectivity index (χ0n) is 10.6. The molecule has 1 atom stereocenters. The second kappa shape index (κ2) is 5.64. The van der Waals surface area contributed by atoms with Crippen molar-refractivity contribution < 1.29 is 9.53 Å². The van der Waals surface area contributed by atoms with Gasteiger partial charge < -0.3 is 15.8 Å². The number of ether oxygens (including phenoxy) is 1. The van der Waals surface area contributed by atoms with E-state index in [-0.39, 0.29) is 17.4 Å². The normalized spacial score (nSPS) is 30.6. The van der Waals surface area contributed by atoms with E-state index in [1.54, 1.807) is 0 Å². The van der Waals surface area contributed by atoms with E-state index in [4.69, 9.17) is 10.5 Å². The van der Waals surface area contributed by atoms with Crippen molar-refractivity contribution in [1.82, 2.24) is 5.32 Å². The van der Waals surface area contributed by atoms with Crippen LogP contribution in [-0.4, -0.2) is 31.7 Å². The molecule has 0 aromatic rings. The highest BCUT2D eigenvalue weighted by molar-refractivity contribution is 5.84. The summed E-state index contributed by atoms with van der Waals surface area (Å²) >= 11 is 0. The minimum Gasteiger partial charge on any atom is -0.380 e. The molecule has 4 heteroatoms. The Hall–Kier alpha value is -0.610. The molecule has 0 radical (unpaired) electrons. The third kappa shape index (κ3) is 2.95. The van der Waals surface area contributed by atoms with Crippen molar-refractivity contribution in [3.8, 4) is 0 Å². The average molecular weight is 228 g/mol. The lowest BCUT2D eigenvalue weighted by atomic mass is 9.62. The fourth-order valence-electron chi connectivity index (χ4n) is 2.43. The van der Waals surface area contributed by atoms with E-state index >= 15 is 0 Å². The second-order valence-corrected chi connectivity index (χ2v) is 5.03. The topological polar surface area (TPSA) is 64.3 Å². The van der Waals surface area contributed by atoms with Crippen LogP contribution in [0.1, 0.15) is 33.6 Å². The molecule has 1 aliphatic carbocycles. The Bertz CT molecular complexity index is 237. The smallest absolute Gasteiger partial charge is 0.227 e. The predicted molar refractivity (Wildman–Crippen MR) is 64.0 cm³/mol. The highest BCUT2D eigenvalue weighted by atomic mass is 16.5. The average Bonchev–Trinajstić information content (AvgIpc) is 2.21. The molecule has 94 valence electrons. The maximum atomic E-state index is 12.1. The number of nitrogens with two attached hydrogens (primary N) is 1. The lowest BCUT2D eigenvalue weighted by Gasteiger charge is -2.44. The van der Waals surface area contributed by atoms with Crippen molar-refractivity contribution in [2.24, 2.45) is 17.1 Å². The summed E-state index contributed by atoms with van der Waals surface area (Å²) in [7, 11) is 0. The molecule has 4 nitrogen and oxygen atoms in total. The van der Waals surface area contributed by atoms with Gasteiger partial charge in [0, 0.05) is 19.2 Å². The van der Waals surface area contributed by atoms with Crippen molar-refractivity contribution in [3.05, 3.63) is 0 Å². The number of hydrogen-bond acceptors (Lipinski definition) is 3. The largest absolute Gasteiger partial charge is 0.380 e. The molecular weight excluding hydrogens is 204 g/mol. The predicted octanol–water partition coefficient (Wildman–Crippen LogP) is 0.903. The van der Waals surface area contributed by atoms with Gasteiger partial charge in [0.25, 0.3) is 0 Å². The highest BCUT2D eigenvalue weighted by Gasteiger charge is 2.47. The summed E-state index contributed by atoms with van der Waals surface area (Å²) < 4.78 is 5.27. The van der Waals surface area contributed by atoms with Gasteiger partial charge in [-0.1, -0.05) is 6.92 Å². The first-order valence-corrected chi connectivity index (χ1v) is 6.13. The molecule has 0 aliphatic heterocycles. The van der Waals surface area contributed by atoms with E-state index in [1.165, 1.54) is 0 Å². The first kappa shape index (κ1) is 13.5. The van der Waals surface area contributed by atoms with E-state index in [2.05, 4.69) is 12.2 Å². The van der Waals surface area contributed by atoms with Gasteiger partial charge in [-0.05, 0) is 32.6 Å². The van der Waals surface area contributed by atoms with Gasteiger partial charge in [0.05, 0.1) is 12.0 Å². The summed E-state index contributed by atoms with van der Waals surface area (Å²) in [5.41, 5.74) is 5.41. The fourth-order valence-corrected chi connectivity index (χ4v) is 2.43. The van der Waals surface area contributed by atoms with Crippen LogP contribution in [0, 0.1) is 11.3 Å². The van der Waals surface area contributed by atoms with Gasteiger partial charge in [0.2, 0.25) is 5.91 Å². The molecule has 0 aromatic carbocycles. The van der Waals surface area contributed by atoms with Crippen LogP contribution < -0.4 is 11.1 Å². The van der Waals surface area contributed by atoms with Crippen LogP contribution in [0.2, 0.25) is 0 Å². The lowest BCUT2D eigenvalue weighted by molar-refractivity contribution is -0.139. The Morgan fingerprint density at radius 2 is 2.25 bits per heavy atom. The molecule has 0 spiro atoms. The first-order valence-electron chi connectivity index (χ1n) is 6.13. The van der Waals surface area contributed by atoms with Crippen LogP contribution in [0.5, 0.6) is 0 Å². The molecular formula is C12H24N2O2. The molecule has 0 heterocycles. The molecule has 0 aromatic heterocycles. The van der Waals surface area contributed by atoms with Gasteiger partial charge >= 0.3 is 0 Å². The highest BCUT2D eigenvalue weighted by Crippen LogP contribution is 2.44. The molecule has 1 unspecified atom stereocenters. The minimum absolute atomic E-state index is 0.0618. The van der Waals surface area contributed by atoms with Crippen LogP contribution >= 0.6 is 0 Å². The SMILES string of the molecule is CCOCC(C)NC(=O)C1(CN)CC(C)C1. The Labute approximate surface area is 97.9 Å². The number of amides is 1. The van der Waals surface area contributed by atoms with Crippen LogP contribution in [-0.2, 0) is 9.53 Å². The molecule has 1 saturated carbocycles. The van der Waals surface area contributed by atoms with E-state index in [1.807, 2.05) is 13.8 Å². The van der Waals surface area contributed by atoms with Gasteiger partial charge in [-0.25, -0.2) is 0 Å². The lowest BCUT2D eigenvalue weighted by Crippen LogP contribution is -2.55. The monoisotopic (exact) mass is 228 g/mol. The van der Waals surface area contributed by atoms with Crippen LogP contribution in [0.4, 0.5) is 0 Å². The van der Waals surface area contributed by atoms with Gasteiger partial charge in [-0.2, -0.15) is 0 Å². The van der Waals surface area contributed by atoms with E-state index in [9.17, 15) is 4.79 Å². The quantitative estimate of drug-likeness (QED) is 0.710. The molecule has 1 amide bonds. The Kier molecular flexibility index (Phi) is 4.74. The maximum Gasteiger partial charge on any atom is 0.227 e. The molecule has 0 bridgehead atoms. The Balaban J connectivity index is 2.39.